The standard InChI is InChI=1S/C17H17ClN2O5/c1-17(11-4-5-11)15(23)20(16(24)19-17)8-14(22)25-9-13(21)10-2-6-12(18)7-3-10/h2-3,6-7,11H,4-5,8-9H2,1H3,(H,19,24)/t17-/m0/s1. The first-order chi connectivity index (χ1) is 11.8. The summed E-state index contributed by atoms with van der Waals surface area (Å²) in [5.41, 5.74) is -0.593. The van der Waals surface area contributed by atoms with Crippen molar-refractivity contribution in [3.8, 4) is 0 Å². The molecule has 1 aliphatic heterocycles. The molecule has 2 fully saturated rings. The van der Waals surface area contributed by atoms with Crippen molar-refractivity contribution in [1.29, 1.82) is 0 Å². The lowest BCUT2D eigenvalue weighted by atomic mass is 9.96. The van der Waals surface area contributed by atoms with Crippen molar-refractivity contribution >= 4 is 35.3 Å². The third-order valence-electron chi connectivity index (χ3n) is 4.51. The molecule has 1 saturated carbocycles. The first-order valence-electron chi connectivity index (χ1n) is 7.90. The normalized spacial score (nSPS) is 22.7. The van der Waals surface area contributed by atoms with E-state index in [4.69, 9.17) is 16.3 Å². The quantitative estimate of drug-likeness (QED) is 0.472. The second-order valence-electron chi connectivity index (χ2n) is 6.39. The van der Waals surface area contributed by atoms with Gasteiger partial charge in [-0.2, -0.15) is 0 Å². The van der Waals surface area contributed by atoms with Gasteiger partial charge in [-0.15, -0.1) is 0 Å². The van der Waals surface area contributed by atoms with Gasteiger partial charge in [0, 0.05) is 10.6 Å². The van der Waals surface area contributed by atoms with Gasteiger partial charge < -0.3 is 10.1 Å². The van der Waals surface area contributed by atoms with Crippen LogP contribution in [-0.4, -0.2) is 47.3 Å². The largest absolute Gasteiger partial charge is 0.456 e. The molecule has 3 amide bonds. The van der Waals surface area contributed by atoms with E-state index < -0.39 is 42.4 Å². The van der Waals surface area contributed by atoms with Crippen molar-refractivity contribution in [2.45, 2.75) is 25.3 Å². The summed E-state index contributed by atoms with van der Waals surface area (Å²) in [4.78, 5) is 49.1. The molecule has 7 nitrogen and oxygen atoms in total. The van der Waals surface area contributed by atoms with Crippen LogP contribution >= 0.6 is 11.6 Å². The number of amides is 3. The molecule has 0 radical (unpaired) electrons. The van der Waals surface area contributed by atoms with Crippen LogP contribution in [0.25, 0.3) is 0 Å². The number of rotatable bonds is 6. The lowest BCUT2D eigenvalue weighted by Gasteiger charge is -2.20. The summed E-state index contributed by atoms with van der Waals surface area (Å²) in [7, 11) is 0. The Bertz CT molecular complexity index is 744. The Morgan fingerprint density at radius 3 is 2.52 bits per heavy atom. The maximum Gasteiger partial charge on any atom is 0.326 e. The number of urea groups is 1. The van der Waals surface area contributed by atoms with Crippen LogP contribution in [0.4, 0.5) is 4.79 Å². The number of halogens is 1. The molecule has 1 heterocycles. The molecule has 1 aromatic carbocycles. The molecule has 1 atom stereocenters. The van der Waals surface area contributed by atoms with Gasteiger partial charge in [0.25, 0.3) is 5.91 Å². The fourth-order valence-electron chi connectivity index (χ4n) is 2.84. The number of hydrogen-bond donors (Lipinski definition) is 1. The number of nitrogens with zero attached hydrogens (tertiary/aromatic N) is 1. The lowest BCUT2D eigenvalue weighted by molar-refractivity contribution is -0.146. The summed E-state index contributed by atoms with van der Waals surface area (Å²) in [5, 5.41) is 3.14. The lowest BCUT2D eigenvalue weighted by Crippen LogP contribution is -2.46. The number of benzene rings is 1. The third-order valence-corrected chi connectivity index (χ3v) is 4.76. The highest BCUT2D eigenvalue weighted by molar-refractivity contribution is 6.30. The Kier molecular flexibility index (Phi) is 4.51. The molecule has 25 heavy (non-hydrogen) atoms. The number of hydrogen-bond acceptors (Lipinski definition) is 5. The van der Waals surface area contributed by atoms with Crippen molar-refractivity contribution in [1.82, 2.24) is 10.2 Å². The number of carbonyl (C=O) groups excluding carboxylic acids is 4. The molecule has 1 N–H and O–H groups in total. The molecule has 1 saturated heterocycles. The average molecular weight is 365 g/mol. The molecule has 0 spiro atoms. The number of carbonyl (C=O) groups is 4. The zero-order valence-corrected chi connectivity index (χ0v) is 14.3. The van der Waals surface area contributed by atoms with E-state index >= 15 is 0 Å². The predicted molar refractivity (Wildman–Crippen MR) is 88.1 cm³/mol. The van der Waals surface area contributed by atoms with Gasteiger partial charge in [0.15, 0.2) is 12.4 Å². The van der Waals surface area contributed by atoms with Gasteiger partial charge in [-0.3, -0.25) is 19.3 Å². The van der Waals surface area contributed by atoms with Gasteiger partial charge in [-0.05, 0) is 49.9 Å². The summed E-state index contributed by atoms with van der Waals surface area (Å²) in [6.07, 6.45) is 1.74. The Morgan fingerprint density at radius 2 is 1.92 bits per heavy atom. The van der Waals surface area contributed by atoms with E-state index in [-0.39, 0.29) is 5.92 Å². The van der Waals surface area contributed by atoms with E-state index in [1.807, 2.05) is 0 Å². The van der Waals surface area contributed by atoms with E-state index in [1.165, 1.54) is 12.1 Å². The van der Waals surface area contributed by atoms with Gasteiger partial charge in [-0.25, -0.2) is 4.79 Å². The number of esters is 1. The molecule has 8 heteroatoms. The minimum Gasteiger partial charge on any atom is -0.456 e. The first-order valence-corrected chi connectivity index (χ1v) is 8.27. The smallest absolute Gasteiger partial charge is 0.326 e. The summed E-state index contributed by atoms with van der Waals surface area (Å²) in [5.74, 6) is -1.53. The summed E-state index contributed by atoms with van der Waals surface area (Å²) < 4.78 is 4.90. The highest BCUT2D eigenvalue weighted by Gasteiger charge is 2.56. The highest BCUT2D eigenvalue weighted by atomic mass is 35.5. The zero-order valence-electron chi connectivity index (χ0n) is 13.6. The van der Waals surface area contributed by atoms with Crippen LogP contribution in [0.2, 0.25) is 5.02 Å². The minimum atomic E-state index is -0.948. The van der Waals surface area contributed by atoms with Crippen LogP contribution in [0.5, 0.6) is 0 Å². The molecular weight excluding hydrogens is 348 g/mol. The molecule has 0 unspecified atom stereocenters. The first kappa shape index (κ1) is 17.4. The number of ether oxygens (including phenoxy) is 1. The van der Waals surface area contributed by atoms with Gasteiger partial charge >= 0.3 is 12.0 Å². The van der Waals surface area contributed by atoms with E-state index in [9.17, 15) is 19.2 Å². The van der Waals surface area contributed by atoms with Crippen LogP contribution in [0.3, 0.4) is 0 Å². The maximum atomic E-state index is 12.4. The Balaban J connectivity index is 1.54. The van der Waals surface area contributed by atoms with Gasteiger partial charge in [0.2, 0.25) is 0 Å². The van der Waals surface area contributed by atoms with Crippen LogP contribution in [-0.2, 0) is 14.3 Å². The van der Waals surface area contributed by atoms with E-state index in [2.05, 4.69) is 5.32 Å². The molecule has 0 bridgehead atoms. The SMILES string of the molecule is C[C@@]1(C2CC2)NC(=O)N(CC(=O)OCC(=O)c2ccc(Cl)cc2)C1=O. The number of imide groups is 1. The molecule has 2 aliphatic rings. The van der Waals surface area contributed by atoms with Gasteiger partial charge in [-0.1, -0.05) is 11.6 Å². The molecule has 3 rings (SSSR count). The van der Waals surface area contributed by atoms with Crippen LogP contribution in [0.1, 0.15) is 30.1 Å². The molecule has 132 valence electrons. The third kappa shape index (κ3) is 3.51. The van der Waals surface area contributed by atoms with Gasteiger partial charge in [0.1, 0.15) is 12.1 Å². The van der Waals surface area contributed by atoms with Crippen LogP contribution in [0, 0.1) is 5.92 Å². The second-order valence-corrected chi connectivity index (χ2v) is 6.83. The Morgan fingerprint density at radius 1 is 1.28 bits per heavy atom. The predicted octanol–water partition coefficient (Wildman–Crippen LogP) is 1.79. The summed E-state index contributed by atoms with van der Waals surface area (Å²) >= 11 is 5.74. The highest BCUT2D eigenvalue weighted by Crippen LogP contribution is 2.42. The topological polar surface area (TPSA) is 92.8 Å². The summed E-state index contributed by atoms with van der Waals surface area (Å²) in [6, 6.07) is 5.56. The molecule has 1 aromatic rings. The van der Waals surface area contributed by atoms with Crippen molar-refractivity contribution in [2.24, 2.45) is 5.92 Å². The van der Waals surface area contributed by atoms with E-state index in [0.29, 0.717) is 10.6 Å². The van der Waals surface area contributed by atoms with E-state index in [0.717, 1.165) is 17.7 Å². The number of Topliss-reactive ketones (excluding diaryl/α,β-unsaturated/α-hetero) is 1. The van der Waals surface area contributed by atoms with Crippen molar-refractivity contribution < 1.29 is 23.9 Å². The fourth-order valence-corrected chi connectivity index (χ4v) is 2.96. The molecule has 0 aromatic heterocycles. The summed E-state index contributed by atoms with van der Waals surface area (Å²) in [6.45, 7) is 0.686. The van der Waals surface area contributed by atoms with Gasteiger partial charge in [0.05, 0.1) is 0 Å². The van der Waals surface area contributed by atoms with Crippen molar-refractivity contribution in [3.05, 3.63) is 34.9 Å². The van der Waals surface area contributed by atoms with E-state index in [1.54, 1.807) is 19.1 Å². The maximum absolute atomic E-state index is 12.4. The second kappa shape index (κ2) is 6.48. The number of ketones is 1. The molecular formula is C17H17ClN2O5. The fraction of sp³-hybridized carbons (Fsp3) is 0.412. The monoisotopic (exact) mass is 364 g/mol. The number of nitrogens with one attached hydrogen (secondary N) is 1. The zero-order chi connectivity index (χ0) is 18.2. The average Bonchev–Trinajstić information content (AvgIpc) is 3.39. The van der Waals surface area contributed by atoms with Crippen LogP contribution < -0.4 is 5.32 Å². The van der Waals surface area contributed by atoms with Crippen LogP contribution in [0.15, 0.2) is 24.3 Å². The van der Waals surface area contributed by atoms with Crippen molar-refractivity contribution in [3.63, 3.8) is 0 Å². The Labute approximate surface area is 149 Å². The van der Waals surface area contributed by atoms with Crippen molar-refractivity contribution in [2.75, 3.05) is 13.2 Å². The Hall–Kier alpha value is -2.41. The molecule has 1 aliphatic carbocycles. The minimum absolute atomic E-state index is 0.108.